The van der Waals surface area contributed by atoms with Crippen molar-refractivity contribution in [1.29, 1.82) is 0 Å². The number of aliphatic carboxylic acids is 1. The fourth-order valence-electron chi connectivity index (χ4n) is 2.29. The van der Waals surface area contributed by atoms with Crippen LogP contribution in [-0.4, -0.2) is 35.7 Å². The fourth-order valence-corrected chi connectivity index (χ4v) is 2.51. The van der Waals surface area contributed by atoms with Crippen LogP contribution in [0.4, 0.5) is 4.39 Å². The van der Waals surface area contributed by atoms with Crippen LogP contribution in [0, 0.1) is 5.82 Å². The van der Waals surface area contributed by atoms with Gasteiger partial charge >= 0.3 is 5.97 Å². The predicted octanol–water partition coefficient (Wildman–Crippen LogP) is 1.77. The van der Waals surface area contributed by atoms with Crippen LogP contribution >= 0.6 is 11.6 Å². The number of hydrogen-bond donors (Lipinski definition) is 2. The molecule has 2 N–H and O–H groups in total. The molecule has 2 rings (SSSR count). The molecule has 21 heavy (non-hydrogen) atoms. The minimum absolute atomic E-state index is 0.0595. The molecule has 0 aromatic heterocycles. The fraction of sp³-hybridized carbons (Fsp3) is 0.429. The summed E-state index contributed by atoms with van der Waals surface area (Å²) < 4.78 is 18.8. The van der Waals surface area contributed by atoms with Gasteiger partial charge in [-0.2, -0.15) is 0 Å². The van der Waals surface area contributed by atoms with Gasteiger partial charge in [-0.1, -0.05) is 17.7 Å². The van der Waals surface area contributed by atoms with Gasteiger partial charge < -0.3 is 15.2 Å². The molecule has 5 nitrogen and oxygen atoms in total. The van der Waals surface area contributed by atoms with Crippen molar-refractivity contribution in [3.05, 3.63) is 34.6 Å². The minimum Gasteiger partial charge on any atom is -0.480 e. The molecule has 1 saturated heterocycles. The minimum atomic E-state index is -1.35. The average molecular weight is 316 g/mol. The molecule has 1 aromatic rings. The highest BCUT2D eigenvalue weighted by atomic mass is 35.5. The second-order valence-corrected chi connectivity index (χ2v) is 5.33. The standard InChI is InChI=1S/C14H15ClFNO4/c15-10-2-1-3-11(16)9(10)8-12(18)17-14(13(19)20)4-6-21-7-5-14/h1-3H,4-8H2,(H,17,18)(H,19,20). The summed E-state index contributed by atoms with van der Waals surface area (Å²) in [6.07, 6.45) is 0.0551. The van der Waals surface area contributed by atoms with Crippen molar-refractivity contribution in [3.8, 4) is 0 Å². The lowest BCUT2D eigenvalue weighted by molar-refractivity contribution is -0.152. The maximum atomic E-state index is 13.6. The third-order valence-corrected chi connectivity index (χ3v) is 3.89. The molecular formula is C14H15ClFNO4. The number of carboxylic acid groups (broad SMARTS) is 1. The number of ether oxygens (including phenoxy) is 1. The van der Waals surface area contributed by atoms with Crippen molar-refractivity contribution in [1.82, 2.24) is 5.32 Å². The molecule has 1 amide bonds. The molecule has 0 aliphatic carbocycles. The Kier molecular flexibility index (Phi) is 4.80. The monoisotopic (exact) mass is 315 g/mol. The van der Waals surface area contributed by atoms with Crippen LogP contribution in [0.3, 0.4) is 0 Å². The Morgan fingerprint density at radius 3 is 2.62 bits per heavy atom. The van der Waals surface area contributed by atoms with Crippen LogP contribution in [0.2, 0.25) is 5.02 Å². The number of carbonyl (C=O) groups is 2. The van der Waals surface area contributed by atoms with E-state index in [4.69, 9.17) is 16.3 Å². The molecule has 114 valence electrons. The molecule has 1 fully saturated rings. The molecular weight excluding hydrogens is 301 g/mol. The van der Waals surface area contributed by atoms with Crippen LogP contribution < -0.4 is 5.32 Å². The number of halogens is 2. The summed E-state index contributed by atoms with van der Waals surface area (Å²) in [4.78, 5) is 23.5. The molecule has 1 heterocycles. The van der Waals surface area contributed by atoms with Crippen LogP contribution in [0.1, 0.15) is 18.4 Å². The summed E-state index contributed by atoms with van der Waals surface area (Å²) in [5.41, 5.74) is -1.29. The first-order chi connectivity index (χ1) is 9.94. The van der Waals surface area contributed by atoms with Gasteiger partial charge in [0.15, 0.2) is 0 Å². The van der Waals surface area contributed by atoms with Crippen LogP contribution in [0.25, 0.3) is 0 Å². The highest BCUT2D eigenvalue weighted by Crippen LogP contribution is 2.23. The smallest absolute Gasteiger partial charge is 0.329 e. The molecule has 0 spiro atoms. The van der Waals surface area contributed by atoms with E-state index in [2.05, 4.69) is 5.32 Å². The van der Waals surface area contributed by atoms with Crippen molar-refractivity contribution >= 4 is 23.5 Å². The Labute approximate surface area is 126 Å². The third-order valence-electron chi connectivity index (χ3n) is 3.53. The number of rotatable bonds is 4. The van der Waals surface area contributed by atoms with Crippen LogP contribution in [-0.2, 0) is 20.7 Å². The van der Waals surface area contributed by atoms with Crippen molar-refractivity contribution in [2.24, 2.45) is 0 Å². The second-order valence-electron chi connectivity index (χ2n) is 4.92. The lowest BCUT2D eigenvalue weighted by atomic mass is 9.89. The Bertz CT molecular complexity index is 538. The van der Waals surface area contributed by atoms with Crippen molar-refractivity contribution in [2.75, 3.05) is 13.2 Å². The maximum Gasteiger partial charge on any atom is 0.329 e. The van der Waals surface area contributed by atoms with Gasteiger partial charge in [0.2, 0.25) is 5.91 Å². The van der Waals surface area contributed by atoms with Crippen molar-refractivity contribution < 1.29 is 23.8 Å². The van der Waals surface area contributed by atoms with E-state index < -0.39 is 23.2 Å². The molecule has 0 bridgehead atoms. The molecule has 1 aromatic carbocycles. The zero-order valence-electron chi connectivity index (χ0n) is 11.2. The number of hydrogen-bond acceptors (Lipinski definition) is 3. The zero-order valence-corrected chi connectivity index (χ0v) is 12.0. The molecule has 0 atom stereocenters. The Morgan fingerprint density at radius 2 is 2.05 bits per heavy atom. The van der Waals surface area contributed by atoms with Crippen molar-refractivity contribution in [2.45, 2.75) is 24.8 Å². The number of nitrogens with one attached hydrogen (secondary N) is 1. The largest absolute Gasteiger partial charge is 0.480 e. The Balaban J connectivity index is 2.11. The first kappa shape index (κ1) is 15.7. The predicted molar refractivity (Wildman–Crippen MR) is 73.7 cm³/mol. The SMILES string of the molecule is O=C(Cc1c(F)cccc1Cl)NC1(C(=O)O)CCOCC1. The topological polar surface area (TPSA) is 75.6 Å². The van der Waals surface area contributed by atoms with E-state index in [-0.39, 0.29) is 43.1 Å². The highest BCUT2D eigenvalue weighted by molar-refractivity contribution is 6.31. The van der Waals surface area contributed by atoms with Gasteiger partial charge in [0.1, 0.15) is 11.4 Å². The molecule has 1 aliphatic rings. The lowest BCUT2D eigenvalue weighted by Gasteiger charge is -2.33. The van der Waals surface area contributed by atoms with Crippen LogP contribution in [0.5, 0.6) is 0 Å². The third kappa shape index (κ3) is 3.51. The summed E-state index contributed by atoms with van der Waals surface area (Å²) >= 11 is 5.86. The van der Waals surface area contributed by atoms with Gasteiger partial charge in [0.05, 0.1) is 6.42 Å². The van der Waals surface area contributed by atoms with Gasteiger partial charge in [0.25, 0.3) is 0 Å². The van der Waals surface area contributed by atoms with E-state index >= 15 is 0 Å². The van der Waals surface area contributed by atoms with Crippen LogP contribution in [0.15, 0.2) is 18.2 Å². The summed E-state index contributed by atoms with van der Waals surface area (Å²) in [6.45, 7) is 0.514. The Morgan fingerprint density at radius 1 is 1.38 bits per heavy atom. The molecule has 1 aliphatic heterocycles. The summed E-state index contributed by atoms with van der Waals surface area (Å²) in [5.74, 6) is -2.28. The summed E-state index contributed by atoms with van der Waals surface area (Å²) in [7, 11) is 0. The van der Waals surface area contributed by atoms with E-state index in [9.17, 15) is 19.1 Å². The maximum absolute atomic E-state index is 13.6. The second kappa shape index (κ2) is 6.41. The lowest BCUT2D eigenvalue weighted by Crippen LogP contribution is -2.57. The Hall–Kier alpha value is -1.66. The quantitative estimate of drug-likeness (QED) is 0.888. The summed E-state index contributed by atoms with van der Waals surface area (Å²) in [6, 6.07) is 4.13. The number of benzene rings is 1. The van der Waals surface area contributed by atoms with Gasteiger partial charge in [-0.25, -0.2) is 9.18 Å². The van der Waals surface area contributed by atoms with Gasteiger partial charge in [-0.05, 0) is 12.1 Å². The van der Waals surface area contributed by atoms with Gasteiger partial charge in [-0.3, -0.25) is 4.79 Å². The first-order valence-electron chi connectivity index (χ1n) is 6.50. The van der Waals surface area contributed by atoms with E-state index in [0.29, 0.717) is 0 Å². The summed E-state index contributed by atoms with van der Waals surface area (Å²) in [5, 5.41) is 12.0. The molecule has 0 unspecified atom stereocenters. The molecule has 7 heteroatoms. The van der Waals surface area contributed by atoms with Crippen molar-refractivity contribution in [3.63, 3.8) is 0 Å². The van der Waals surface area contributed by atoms with E-state index in [0.717, 1.165) is 0 Å². The normalized spacial score (nSPS) is 17.2. The molecule has 0 radical (unpaired) electrons. The van der Waals surface area contributed by atoms with E-state index in [1.54, 1.807) is 0 Å². The van der Waals surface area contributed by atoms with Gasteiger partial charge in [0, 0.05) is 36.6 Å². The molecule has 0 saturated carbocycles. The highest BCUT2D eigenvalue weighted by Gasteiger charge is 2.41. The van der Waals surface area contributed by atoms with Gasteiger partial charge in [-0.15, -0.1) is 0 Å². The number of amides is 1. The number of carboxylic acids is 1. The zero-order chi connectivity index (χ0) is 15.5. The number of carbonyl (C=O) groups excluding carboxylic acids is 1. The van der Waals surface area contributed by atoms with E-state index in [1.807, 2.05) is 0 Å². The average Bonchev–Trinajstić information content (AvgIpc) is 2.44. The van der Waals surface area contributed by atoms with E-state index in [1.165, 1.54) is 18.2 Å². The first-order valence-corrected chi connectivity index (χ1v) is 6.87.